The Morgan fingerprint density at radius 2 is 1.73 bits per heavy atom. The van der Waals surface area contributed by atoms with Gasteiger partial charge >= 0.3 is 0 Å². The van der Waals surface area contributed by atoms with Crippen LogP contribution in [-0.2, 0) is 10.0 Å². The molecule has 1 aromatic heterocycles. The fraction of sp³-hybridized carbons (Fsp3) is 0.143. The molecule has 1 unspecified atom stereocenters. The largest absolute Gasteiger partial charge is 0.345 e. The molecule has 9 heteroatoms. The summed E-state index contributed by atoms with van der Waals surface area (Å²) in [5, 5.41) is 7.47. The smallest absolute Gasteiger partial charge is 0.265 e. The number of hydrogen-bond acceptors (Lipinski definition) is 5. The van der Waals surface area contributed by atoms with Gasteiger partial charge in [-0.15, -0.1) is 11.3 Å². The minimum absolute atomic E-state index is 0.280. The van der Waals surface area contributed by atoms with E-state index in [-0.39, 0.29) is 17.9 Å². The van der Waals surface area contributed by atoms with Gasteiger partial charge in [0.25, 0.3) is 11.8 Å². The number of hydrogen-bond donors (Lipinski definition) is 3. The van der Waals surface area contributed by atoms with Crippen molar-refractivity contribution in [2.75, 3.05) is 16.3 Å². The van der Waals surface area contributed by atoms with Crippen LogP contribution < -0.4 is 15.4 Å². The maximum atomic E-state index is 12.9. The van der Waals surface area contributed by atoms with Crippen LogP contribution in [0.15, 0.2) is 66.0 Å². The van der Waals surface area contributed by atoms with Crippen molar-refractivity contribution < 1.29 is 18.0 Å². The first-order valence-electron chi connectivity index (χ1n) is 9.05. The van der Waals surface area contributed by atoms with Crippen molar-refractivity contribution >= 4 is 44.5 Å². The average molecular weight is 444 g/mol. The molecule has 156 valence electrons. The Hall–Kier alpha value is -3.17. The number of sulfonamides is 1. The maximum absolute atomic E-state index is 12.9. The molecule has 0 saturated carbocycles. The zero-order valence-corrected chi connectivity index (χ0v) is 18.0. The molecule has 3 rings (SSSR count). The van der Waals surface area contributed by atoms with Crippen molar-refractivity contribution in [3.05, 3.63) is 82.0 Å². The highest BCUT2D eigenvalue weighted by atomic mass is 32.2. The lowest BCUT2D eigenvalue weighted by atomic mass is 10.1. The zero-order valence-electron chi connectivity index (χ0n) is 16.4. The standard InChI is InChI=1S/C21H21N3O4S2/c1-14(15-7-5-8-16(13-15)24-30(2,27)28)22-20(25)17-9-3-4-10-18(17)23-21(26)19-11-6-12-29-19/h3-14,24H,1-2H3,(H,22,25)(H,23,26). The number of para-hydroxylation sites is 1. The molecule has 7 nitrogen and oxygen atoms in total. The number of benzene rings is 2. The predicted molar refractivity (Wildman–Crippen MR) is 120 cm³/mol. The van der Waals surface area contributed by atoms with Crippen LogP contribution in [0, 0.1) is 0 Å². The molecule has 3 N–H and O–H groups in total. The predicted octanol–water partition coefficient (Wildman–Crippen LogP) is 3.86. The van der Waals surface area contributed by atoms with Crippen LogP contribution in [0.25, 0.3) is 0 Å². The zero-order chi connectivity index (χ0) is 21.7. The third-order valence-electron chi connectivity index (χ3n) is 4.20. The summed E-state index contributed by atoms with van der Waals surface area (Å²) in [4.78, 5) is 25.8. The third-order valence-corrected chi connectivity index (χ3v) is 5.68. The van der Waals surface area contributed by atoms with Crippen LogP contribution >= 0.6 is 11.3 Å². The summed E-state index contributed by atoms with van der Waals surface area (Å²) in [6.07, 6.45) is 1.08. The summed E-state index contributed by atoms with van der Waals surface area (Å²) in [6, 6.07) is 16.7. The van der Waals surface area contributed by atoms with E-state index in [4.69, 9.17) is 0 Å². The average Bonchev–Trinajstić information content (AvgIpc) is 3.22. The third kappa shape index (κ3) is 5.68. The Bertz CT molecular complexity index is 1160. The molecule has 3 aromatic rings. The van der Waals surface area contributed by atoms with E-state index in [0.717, 1.165) is 11.8 Å². The number of rotatable bonds is 7. The fourth-order valence-electron chi connectivity index (χ4n) is 2.83. The van der Waals surface area contributed by atoms with E-state index in [9.17, 15) is 18.0 Å². The molecule has 30 heavy (non-hydrogen) atoms. The molecule has 2 aromatic carbocycles. The minimum atomic E-state index is -3.40. The van der Waals surface area contributed by atoms with Gasteiger partial charge in [0, 0.05) is 5.69 Å². The second-order valence-corrected chi connectivity index (χ2v) is 9.37. The monoisotopic (exact) mass is 443 g/mol. The molecule has 0 bridgehead atoms. The summed E-state index contributed by atoms with van der Waals surface area (Å²) >= 11 is 1.32. The van der Waals surface area contributed by atoms with E-state index in [1.54, 1.807) is 67.6 Å². The summed E-state index contributed by atoms with van der Waals surface area (Å²) in [5.74, 6) is -0.635. The number of amides is 2. The van der Waals surface area contributed by atoms with Crippen molar-refractivity contribution in [2.45, 2.75) is 13.0 Å². The SMILES string of the molecule is CC(NC(=O)c1ccccc1NC(=O)c1cccs1)c1cccc(NS(C)(=O)=O)c1. The quantitative estimate of drug-likeness (QED) is 0.516. The highest BCUT2D eigenvalue weighted by Gasteiger charge is 2.17. The molecule has 0 aliphatic heterocycles. The van der Waals surface area contributed by atoms with Crippen LogP contribution in [0.3, 0.4) is 0 Å². The van der Waals surface area contributed by atoms with Crippen molar-refractivity contribution in [1.82, 2.24) is 5.32 Å². The van der Waals surface area contributed by atoms with Gasteiger partial charge in [0.15, 0.2) is 0 Å². The number of anilines is 2. The van der Waals surface area contributed by atoms with Crippen LogP contribution in [0.5, 0.6) is 0 Å². The molecule has 1 atom stereocenters. The number of nitrogens with one attached hydrogen (secondary N) is 3. The minimum Gasteiger partial charge on any atom is -0.345 e. The normalized spacial score (nSPS) is 12.1. The molecule has 0 saturated heterocycles. The molecular formula is C21H21N3O4S2. The number of carbonyl (C=O) groups excluding carboxylic acids is 2. The van der Waals surface area contributed by atoms with Gasteiger partial charge in [-0.2, -0.15) is 0 Å². The van der Waals surface area contributed by atoms with Gasteiger partial charge < -0.3 is 10.6 Å². The lowest BCUT2D eigenvalue weighted by molar-refractivity contribution is 0.0940. The van der Waals surface area contributed by atoms with E-state index in [1.165, 1.54) is 11.3 Å². The first-order valence-corrected chi connectivity index (χ1v) is 11.8. The molecule has 0 aliphatic rings. The lowest BCUT2D eigenvalue weighted by Crippen LogP contribution is -2.28. The molecule has 0 fully saturated rings. The number of carbonyl (C=O) groups is 2. The van der Waals surface area contributed by atoms with Crippen molar-refractivity contribution in [2.24, 2.45) is 0 Å². The molecule has 0 radical (unpaired) electrons. The van der Waals surface area contributed by atoms with Gasteiger partial charge in [0.05, 0.1) is 28.4 Å². The van der Waals surface area contributed by atoms with E-state index in [1.807, 2.05) is 5.38 Å². The Balaban J connectivity index is 1.75. The first kappa shape index (κ1) is 21.5. The van der Waals surface area contributed by atoms with Gasteiger partial charge in [-0.3, -0.25) is 14.3 Å². The Labute approximate surface area is 179 Å². The second-order valence-electron chi connectivity index (χ2n) is 6.67. The Morgan fingerprint density at radius 3 is 2.43 bits per heavy atom. The Kier molecular flexibility index (Phi) is 6.53. The highest BCUT2D eigenvalue weighted by Crippen LogP contribution is 2.21. The first-order chi connectivity index (χ1) is 14.2. The lowest BCUT2D eigenvalue weighted by Gasteiger charge is -2.17. The Morgan fingerprint density at radius 1 is 0.967 bits per heavy atom. The van der Waals surface area contributed by atoms with E-state index >= 15 is 0 Å². The molecule has 2 amide bonds. The van der Waals surface area contributed by atoms with Gasteiger partial charge in [-0.25, -0.2) is 8.42 Å². The van der Waals surface area contributed by atoms with Crippen LogP contribution in [0.1, 0.15) is 38.6 Å². The van der Waals surface area contributed by atoms with Gasteiger partial charge in [-0.05, 0) is 48.2 Å². The summed E-state index contributed by atoms with van der Waals surface area (Å²) in [7, 11) is -3.40. The summed E-state index contributed by atoms with van der Waals surface area (Å²) in [5.41, 5.74) is 1.89. The highest BCUT2D eigenvalue weighted by molar-refractivity contribution is 7.92. The second kappa shape index (κ2) is 9.10. The topological polar surface area (TPSA) is 104 Å². The molecular weight excluding hydrogens is 422 g/mol. The maximum Gasteiger partial charge on any atom is 0.265 e. The van der Waals surface area contributed by atoms with E-state index < -0.39 is 10.0 Å². The van der Waals surface area contributed by atoms with Crippen LogP contribution in [0.4, 0.5) is 11.4 Å². The van der Waals surface area contributed by atoms with Gasteiger partial charge in [-0.1, -0.05) is 30.3 Å². The molecule has 1 heterocycles. The van der Waals surface area contributed by atoms with E-state index in [2.05, 4.69) is 15.4 Å². The van der Waals surface area contributed by atoms with Crippen molar-refractivity contribution in [3.63, 3.8) is 0 Å². The summed E-state index contributed by atoms with van der Waals surface area (Å²) in [6.45, 7) is 1.80. The van der Waals surface area contributed by atoms with Crippen LogP contribution in [0.2, 0.25) is 0 Å². The molecule has 0 aliphatic carbocycles. The van der Waals surface area contributed by atoms with Crippen molar-refractivity contribution in [1.29, 1.82) is 0 Å². The van der Waals surface area contributed by atoms with Gasteiger partial charge in [0.1, 0.15) is 0 Å². The van der Waals surface area contributed by atoms with Crippen LogP contribution in [-0.4, -0.2) is 26.5 Å². The fourth-order valence-corrected chi connectivity index (χ4v) is 4.00. The number of thiophene rings is 1. The van der Waals surface area contributed by atoms with E-state index in [0.29, 0.717) is 21.8 Å². The summed E-state index contributed by atoms with van der Waals surface area (Å²) < 4.78 is 25.3. The molecule has 0 spiro atoms. The van der Waals surface area contributed by atoms with Crippen molar-refractivity contribution in [3.8, 4) is 0 Å². The van der Waals surface area contributed by atoms with Gasteiger partial charge in [0.2, 0.25) is 10.0 Å².